The second kappa shape index (κ2) is 6.25. The Kier molecular flexibility index (Phi) is 5.28. The Labute approximate surface area is 112 Å². The van der Waals surface area contributed by atoms with E-state index >= 15 is 0 Å². The maximum atomic E-state index is 9.18. The lowest BCUT2D eigenvalue weighted by atomic mass is 10.2. The lowest BCUT2D eigenvalue weighted by Crippen LogP contribution is -2.23. The first-order valence-electron chi connectivity index (χ1n) is 4.50. The van der Waals surface area contributed by atoms with Crippen LogP contribution in [0.25, 0.3) is 0 Å². The molecule has 1 unspecified atom stereocenters. The summed E-state index contributed by atoms with van der Waals surface area (Å²) in [5.74, 6) is 0. The average Bonchev–Trinajstić information content (AvgIpc) is 2.29. The van der Waals surface area contributed by atoms with Crippen LogP contribution in [0.1, 0.15) is 5.56 Å². The smallest absolute Gasteiger partial charge is 0.101 e. The third-order valence-electron chi connectivity index (χ3n) is 1.92. The van der Waals surface area contributed by atoms with E-state index in [-0.39, 0.29) is 13.2 Å². The van der Waals surface area contributed by atoms with Crippen molar-refractivity contribution in [3.8, 4) is 6.07 Å². The molecule has 0 aromatic heterocycles. The molecular formula is C10H10ClIN2O2. The quantitative estimate of drug-likeness (QED) is 0.719. The summed E-state index contributed by atoms with van der Waals surface area (Å²) in [6.45, 7) is -0.0671. The second-order valence-corrected chi connectivity index (χ2v) is 4.71. The Bertz CT molecular complexity index is 420. The molecule has 0 spiro atoms. The fourth-order valence-electron chi connectivity index (χ4n) is 1.06. The third kappa shape index (κ3) is 3.49. The van der Waals surface area contributed by atoms with E-state index < -0.39 is 6.10 Å². The predicted molar refractivity (Wildman–Crippen MR) is 70.5 cm³/mol. The van der Waals surface area contributed by atoms with Crippen molar-refractivity contribution in [2.75, 3.05) is 18.5 Å². The van der Waals surface area contributed by atoms with Gasteiger partial charge < -0.3 is 15.5 Å². The van der Waals surface area contributed by atoms with Crippen LogP contribution < -0.4 is 5.32 Å². The minimum atomic E-state index is -0.815. The molecule has 6 heteroatoms. The molecule has 3 N–H and O–H groups in total. The molecule has 86 valence electrons. The highest BCUT2D eigenvalue weighted by atomic mass is 127. The first-order chi connectivity index (χ1) is 7.58. The number of hydrogen-bond donors (Lipinski definition) is 3. The van der Waals surface area contributed by atoms with Crippen molar-refractivity contribution in [1.82, 2.24) is 0 Å². The summed E-state index contributed by atoms with van der Waals surface area (Å²) >= 11 is 7.94. The van der Waals surface area contributed by atoms with Crippen LogP contribution in [-0.4, -0.2) is 29.5 Å². The number of aliphatic hydroxyl groups is 2. The number of anilines is 1. The number of aliphatic hydroxyl groups excluding tert-OH is 2. The standard InChI is InChI=1S/C10H10ClIN2O2/c11-8-2-10(14-4-7(16)5-15)9(12)1-6(8)3-13/h1-2,7,14-16H,4-5H2. The topological polar surface area (TPSA) is 76.3 Å². The van der Waals surface area contributed by atoms with Crippen molar-refractivity contribution >= 4 is 39.9 Å². The van der Waals surface area contributed by atoms with Crippen molar-refractivity contribution in [1.29, 1.82) is 5.26 Å². The van der Waals surface area contributed by atoms with Gasteiger partial charge in [0.05, 0.1) is 23.3 Å². The highest BCUT2D eigenvalue weighted by molar-refractivity contribution is 14.1. The van der Waals surface area contributed by atoms with E-state index in [1.165, 1.54) is 0 Å². The highest BCUT2D eigenvalue weighted by Gasteiger charge is 2.08. The summed E-state index contributed by atoms with van der Waals surface area (Å²) in [6, 6.07) is 5.28. The maximum absolute atomic E-state index is 9.18. The summed E-state index contributed by atoms with van der Waals surface area (Å²) in [5, 5.41) is 29.9. The van der Waals surface area contributed by atoms with Gasteiger partial charge in [-0.15, -0.1) is 0 Å². The van der Waals surface area contributed by atoms with E-state index in [1.54, 1.807) is 12.1 Å². The van der Waals surface area contributed by atoms with E-state index in [0.717, 1.165) is 9.26 Å². The molecule has 0 radical (unpaired) electrons. The number of nitrogens with one attached hydrogen (secondary N) is 1. The molecule has 0 aliphatic heterocycles. The van der Waals surface area contributed by atoms with Crippen molar-refractivity contribution in [3.63, 3.8) is 0 Å². The molecule has 1 rings (SSSR count). The van der Waals surface area contributed by atoms with Crippen LogP contribution in [0.15, 0.2) is 12.1 Å². The molecule has 0 fully saturated rings. The molecule has 4 nitrogen and oxygen atoms in total. The van der Waals surface area contributed by atoms with Crippen LogP contribution in [0.4, 0.5) is 5.69 Å². The van der Waals surface area contributed by atoms with E-state index in [9.17, 15) is 5.11 Å². The third-order valence-corrected chi connectivity index (χ3v) is 3.12. The molecule has 0 saturated carbocycles. The SMILES string of the molecule is N#Cc1cc(I)c(NCC(O)CO)cc1Cl. The van der Waals surface area contributed by atoms with E-state index in [4.69, 9.17) is 22.0 Å². The molecule has 1 aromatic rings. The molecule has 0 aliphatic carbocycles. The number of halogens is 2. The zero-order valence-corrected chi connectivity index (χ0v) is 11.2. The summed E-state index contributed by atoms with van der Waals surface area (Å²) < 4.78 is 0.837. The minimum Gasteiger partial charge on any atom is -0.394 e. The average molecular weight is 353 g/mol. The zero-order chi connectivity index (χ0) is 12.1. The van der Waals surface area contributed by atoms with Crippen molar-refractivity contribution < 1.29 is 10.2 Å². The van der Waals surface area contributed by atoms with Crippen molar-refractivity contribution in [2.24, 2.45) is 0 Å². The number of hydrogen-bond acceptors (Lipinski definition) is 4. The van der Waals surface area contributed by atoms with Gasteiger partial charge in [-0.2, -0.15) is 5.26 Å². The molecule has 0 saturated heterocycles. The van der Waals surface area contributed by atoms with Gasteiger partial charge in [0, 0.05) is 15.8 Å². The Morgan fingerprint density at radius 3 is 2.81 bits per heavy atom. The van der Waals surface area contributed by atoms with Gasteiger partial charge in [-0.1, -0.05) is 11.6 Å². The van der Waals surface area contributed by atoms with Gasteiger partial charge in [-0.3, -0.25) is 0 Å². The molecular weight excluding hydrogens is 342 g/mol. The Balaban J connectivity index is 2.82. The molecule has 0 heterocycles. The highest BCUT2D eigenvalue weighted by Crippen LogP contribution is 2.26. The van der Waals surface area contributed by atoms with E-state index in [0.29, 0.717) is 10.6 Å². The van der Waals surface area contributed by atoms with Crippen LogP contribution in [0, 0.1) is 14.9 Å². The lowest BCUT2D eigenvalue weighted by molar-refractivity contribution is 0.105. The van der Waals surface area contributed by atoms with Crippen LogP contribution in [0.2, 0.25) is 5.02 Å². The summed E-state index contributed by atoms with van der Waals surface area (Å²) in [5.41, 5.74) is 1.15. The number of nitriles is 1. The predicted octanol–water partition coefficient (Wildman–Crippen LogP) is 1.58. The molecule has 16 heavy (non-hydrogen) atoms. The molecule has 0 bridgehead atoms. The molecule has 0 aliphatic rings. The minimum absolute atomic E-state index is 0.231. The van der Waals surface area contributed by atoms with Gasteiger partial charge >= 0.3 is 0 Å². The Hall–Kier alpha value is -0.550. The maximum Gasteiger partial charge on any atom is 0.101 e. The molecule has 1 atom stereocenters. The van der Waals surface area contributed by atoms with Crippen LogP contribution in [0.5, 0.6) is 0 Å². The first kappa shape index (κ1) is 13.5. The fourth-order valence-corrected chi connectivity index (χ4v) is 1.92. The first-order valence-corrected chi connectivity index (χ1v) is 5.96. The van der Waals surface area contributed by atoms with Crippen LogP contribution in [0.3, 0.4) is 0 Å². The van der Waals surface area contributed by atoms with Crippen LogP contribution in [-0.2, 0) is 0 Å². The van der Waals surface area contributed by atoms with E-state index in [1.807, 2.05) is 6.07 Å². The molecule has 1 aromatic carbocycles. The largest absolute Gasteiger partial charge is 0.394 e. The van der Waals surface area contributed by atoms with Crippen molar-refractivity contribution in [2.45, 2.75) is 6.10 Å². The van der Waals surface area contributed by atoms with Gasteiger partial charge in [0.15, 0.2) is 0 Å². The zero-order valence-electron chi connectivity index (χ0n) is 8.24. The molecule has 0 amide bonds. The fraction of sp³-hybridized carbons (Fsp3) is 0.300. The Morgan fingerprint density at radius 2 is 2.25 bits per heavy atom. The number of rotatable bonds is 4. The summed E-state index contributed by atoms with van der Waals surface area (Å²) in [7, 11) is 0. The van der Waals surface area contributed by atoms with Gasteiger partial charge in [0.25, 0.3) is 0 Å². The number of benzene rings is 1. The van der Waals surface area contributed by atoms with Gasteiger partial charge in [-0.05, 0) is 34.7 Å². The van der Waals surface area contributed by atoms with Crippen molar-refractivity contribution in [3.05, 3.63) is 26.3 Å². The Morgan fingerprint density at radius 1 is 1.56 bits per heavy atom. The van der Waals surface area contributed by atoms with Gasteiger partial charge in [0.2, 0.25) is 0 Å². The summed E-state index contributed by atoms with van der Waals surface area (Å²) in [4.78, 5) is 0. The second-order valence-electron chi connectivity index (χ2n) is 3.14. The normalized spacial score (nSPS) is 11.9. The van der Waals surface area contributed by atoms with E-state index in [2.05, 4.69) is 27.9 Å². The lowest BCUT2D eigenvalue weighted by Gasteiger charge is -2.12. The van der Waals surface area contributed by atoms with Gasteiger partial charge in [0.1, 0.15) is 6.07 Å². The number of nitrogens with zero attached hydrogens (tertiary/aromatic N) is 1. The van der Waals surface area contributed by atoms with Crippen LogP contribution >= 0.6 is 34.2 Å². The summed E-state index contributed by atoms with van der Waals surface area (Å²) in [6.07, 6.45) is -0.815. The monoisotopic (exact) mass is 352 g/mol. The van der Waals surface area contributed by atoms with Gasteiger partial charge in [-0.25, -0.2) is 0 Å².